The molecule has 47 heavy (non-hydrogen) atoms. The maximum Gasteiger partial charge on any atom is 0.416 e. The fourth-order valence-electron chi connectivity index (χ4n) is 6.82. The molecule has 6 rings (SSSR count). The highest BCUT2D eigenvalue weighted by molar-refractivity contribution is 6.10. The number of hydrogen-bond donors (Lipinski definition) is 0. The highest BCUT2D eigenvalue weighted by Crippen LogP contribution is 2.42. The Morgan fingerprint density at radius 2 is 1.94 bits per heavy atom. The molecule has 5 heterocycles. The molecule has 3 aliphatic rings. The molecule has 0 spiro atoms. The van der Waals surface area contributed by atoms with E-state index in [-0.39, 0.29) is 36.4 Å². The lowest BCUT2D eigenvalue weighted by Gasteiger charge is -2.39. The van der Waals surface area contributed by atoms with Crippen molar-refractivity contribution in [2.24, 2.45) is 5.92 Å². The van der Waals surface area contributed by atoms with Gasteiger partial charge >= 0.3 is 6.18 Å². The summed E-state index contributed by atoms with van der Waals surface area (Å²) in [5.41, 5.74) is 3.03. The highest BCUT2D eigenvalue weighted by atomic mass is 19.4. The second kappa shape index (κ2) is 12.4. The molecule has 2 fully saturated rings. The van der Waals surface area contributed by atoms with Gasteiger partial charge in [0.2, 0.25) is 17.7 Å². The standard InChI is InChI=1S/C34H35F3N6O4/c1-5-29(44)42-11-12-47-19-27(42)25-10-9-22(16-38-25)17-41-18-23-14-30(45)43(28-15-24(34(35,36)37)13-21(3)39-28)32(23)33(46)40(4)26-8-6-7-20(2)31(26)41/h5-10,13,15-16,23,27,32H,1,11-12,14,17-19H2,2-4H3/t23-,27-,32+/m1/s1. The summed E-state index contributed by atoms with van der Waals surface area (Å²) in [4.78, 5) is 55.5. The summed E-state index contributed by atoms with van der Waals surface area (Å²) < 4.78 is 46.8. The Balaban J connectivity index is 1.35. The Morgan fingerprint density at radius 1 is 1.15 bits per heavy atom. The van der Waals surface area contributed by atoms with Crippen LogP contribution >= 0.6 is 0 Å². The number of carbonyl (C=O) groups is 3. The summed E-state index contributed by atoms with van der Waals surface area (Å²) in [6.45, 7) is 8.82. The topological polar surface area (TPSA) is 99.2 Å². The van der Waals surface area contributed by atoms with Gasteiger partial charge in [0.1, 0.15) is 11.9 Å². The summed E-state index contributed by atoms with van der Waals surface area (Å²) in [5.74, 6) is -1.78. The average molecular weight is 649 g/mol. The third-order valence-corrected chi connectivity index (χ3v) is 9.03. The second-order valence-electron chi connectivity index (χ2n) is 12.2. The van der Waals surface area contributed by atoms with Crippen molar-refractivity contribution in [2.45, 2.75) is 45.1 Å². The second-order valence-corrected chi connectivity index (χ2v) is 12.2. The molecular formula is C34H35F3N6O4. The Labute approximate surface area is 270 Å². The minimum atomic E-state index is -4.65. The smallest absolute Gasteiger partial charge is 0.377 e. The third-order valence-electron chi connectivity index (χ3n) is 9.03. The van der Waals surface area contributed by atoms with Gasteiger partial charge in [-0.05, 0) is 55.3 Å². The Kier molecular flexibility index (Phi) is 8.51. The van der Waals surface area contributed by atoms with Gasteiger partial charge in [0.25, 0.3) is 0 Å². The van der Waals surface area contributed by atoms with E-state index in [0.717, 1.165) is 33.8 Å². The van der Waals surface area contributed by atoms with Crippen LogP contribution in [0.2, 0.25) is 0 Å². The lowest BCUT2D eigenvalue weighted by atomic mass is 9.94. The van der Waals surface area contributed by atoms with E-state index < -0.39 is 35.5 Å². The normalized spacial score (nSPS) is 21.7. The SMILES string of the molecule is C=CC(=O)N1CCOC[C@@H]1c1ccc(CN2C[C@H]3CC(=O)N(c4cc(C(F)(F)F)cc(C)n4)[C@@H]3C(=O)N(C)c3cccc(C)c32)cn1. The molecule has 3 atom stereocenters. The van der Waals surface area contributed by atoms with Crippen LogP contribution in [-0.2, 0) is 31.8 Å². The van der Waals surface area contributed by atoms with Gasteiger partial charge in [-0.15, -0.1) is 0 Å². The largest absolute Gasteiger partial charge is 0.416 e. The number of carbonyl (C=O) groups excluding carboxylic acids is 3. The summed E-state index contributed by atoms with van der Waals surface area (Å²) in [5, 5.41) is 0. The maximum absolute atomic E-state index is 14.1. The molecule has 0 N–H and O–H groups in total. The van der Waals surface area contributed by atoms with Crippen LogP contribution in [0, 0.1) is 19.8 Å². The highest BCUT2D eigenvalue weighted by Gasteiger charge is 2.49. The van der Waals surface area contributed by atoms with Crippen LogP contribution in [0.25, 0.3) is 0 Å². The predicted molar refractivity (Wildman–Crippen MR) is 169 cm³/mol. The predicted octanol–water partition coefficient (Wildman–Crippen LogP) is 4.60. The number of aryl methyl sites for hydroxylation is 2. The molecule has 10 nitrogen and oxygen atoms in total. The molecule has 0 unspecified atom stereocenters. The minimum absolute atomic E-state index is 0.0367. The zero-order valence-electron chi connectivity index (χ0n) is 26.3. The van der Waals surface area contributed by atoms with E-state index in [4.69, 9.17) is 4.74 Å². The van der Waals surface area contributed by atoms with Gasteiger partial charge in [-0.2, -0.15) is 13.2 Å². The number of likely N-dealkylation sites (N-methyl/N-ethyl adjacent to an activating group) is 1. The number of amides is 3. The van der Waals surface area contributed by atoms with Crippen molar-refractivity contribution in [3.63, 3.8) is 0 Å². The number of para-hydroxylation sites is 1. The van der Waals surface area contributed by atoms with Gasteiger partial charge in [-0.25, -0.2) is 4.98 Å². The van der Waals surface area contributed by atoms with E-state index in [2.05, 4.69) is 21.4 Å². The first-order valence-electron chi connectivity index (χ1n) is 15.3. The van der Waals surface area contributed by atoms with Crippen LogP contribution in [0.15, 0.2) is 61.3 Å². The fourth-order valence-corrected chi connectivity index (χ4v) is 6.82. The van der Waals surface area contributed by atoms with Crippen molar-refractivity contribution in [3.05, 3.63) is 89.4 Å². The number of rotatable bonds is 5. The van der Waals surface area contributed by atoms with Crippen molar-refractivity contribution < 1.29 is 32.3 Å². The van der Waals surface area contributed by atoms with Gasteiger partial charge < -0.3 is 19.4 Å². The van der Waals surface area contributed by atoms with E-state index in [1.165, 1.54) is 17.9 Å². The van der Waals surface area contributed by atoms with Gasteiger partial charge in [0.05, 0.1) is 41.9 Å². The van der Waals surface area contributed by atoms with Crippen LogP contribution in [0.1, 0.15) is 40.5 Å². The fraction of sp³-hybridized carbons (Fsp3) is 0.382. The lowest BCUT2D eigenvalue weighted by Crippen LogP contribution is -2.52. The zero-order chi connectivity index (χ0) is 33.6. The van der Waals surface area contributed by atoms with Crippen LogP contribution in [0.3, 0.4) is 0 Å². The van der Waals surface area contributed by atoms with E-state index >= 15 is 0 Å². The van der Waals surface area contributed by atoms with Crippen LogP contribution in [0.5, 0.6) is 0 Å². The number of benzene rings is 1. The molecule has 3 aromatic rings. The Hall–Kier alpha value is -4.78. The molecule has 0 aliphatic carbocycles. The summed E-state index contributed by atoms with van der Waals surface area (Å²) in [6, 6.07) is 9.74. The van der Waals surface area contributed by atoms with Gasteiger partial charge in [-0.3, -0.25) is 24.3 Å². The van der Waals surface area contributed by atoms with Crippen LogP contribution in [0.4, 0.5) is 30.4 Å². The van der Waals surface area contributed by atoms with Gasteiger partial charge in [-0.1, -0.05) is 24.8 Å². The summed E-state index contributed by atoms with van der Waals surface area (Å²) >= 11 is 0. The van der Waals surface area contributed by atoms with Crippen molar-refractivity contribution in [2.75, 3.05) is 48.1 Å². The molecule has 2 saturated heterocycles. The number of halogens is 3. The number of ether oxygens (including phenoxy) is 1. The van der Waals surface area contributed by atoms with Crippen molar-refractivity contribution in [1.82, 2.24) is 14.9 Å². The van der Waals surface area contributed by atoms with E-state index in [0.29, 0.717) is 37.7 Å². The molecule has 246 valence electrons. The molecule has 13 heteroatoms. The number of morpholine rings is 1. The van der Waals surface area contributed by atoms with Crippen molar-refractivity contribution in [1.29, 1.82) is 0 Å². The Morgan fingerprint density at radius 3 is 2.64 bits per heavy atom. The van der Waals surface area contributed by atoms with Crippen molar-refractivity contribution in [3.8, 4) is 0 Å². The number of fused-ring (bicyclic) bond motifs is 2. The minimum Gasteiger partial charge on any atom is -0.377 e. The molecule has 2 aromatic heterocycles. The monoisotopic (exact) mass is 648 g/mol. The first kappa shape index (κ1) is 32.2. The maximum atomic E-state index is 14.1. The number of anilines is 3. The quantitative estimate of drug-likeness (QED) is 0.373. The van der Waals surface area contributed by atoms with E-state index in [9.17, 15) is 27.6 Å². The molecule has 1 aromatic carbocycles. The van der Waals surface area contributed by atoms with Gasteiger partial charge in [0, 0.05) is 50.9 Å². The zero-order valence-corrected chi connectivity index (χ0v) is 26.3. The molecule has 0 bridgehead atoms. The molecule has 3 amide bonds. The van der Waals surface area contributed by atoms with Crippen LogP contribution in [-0.4, -0.2) is 72.0 Å². The lowest BCUT2D eigenvalue weighted by molar-refractivity contribution is -0.137. The van der Waals surface area contributed by atoms with E-state index in [1.807, 2.05) is 37.3 Å². The van der Waals surface area contributed by atoms with Crippen LogP contribution < -0.4 is 14.7 Å². The molecular weight excluding hydrogens is 613 g/mol. The number of aromatic nitrogens is 2. The average Bonchev–Trinajstić information content (AvgIpc) is 3.37. The van der Waals surface area contributed by atoms with Crippen molar-refractivity contribution >= 4 is 34.9 Å². The number of alkyl halides is 3. The first-order valence-corrected chi connectivity index (χ1v) is 15.3. The summed E-state index contributed by atoms with van der Waals surface area (Å²) in [7, 11) is 1.62. The molecule has 0 saturated carbocycles. The van der Waals surface area contributed by atoms with Gasteiger partial charge in [0.15, 0.2) is 0 Å². The number of pyridine rings is 2. The Bertz CT molecular complexity index is 1730. The van der Waals surface area contributed by atoms with E-state index in [1.54, 1.807) is 18.1 Å². The third kappa shape index (κ3) is 6.07. The number of hydrogen-bond acceptors (Lipinski definition) is 7. The summed E-state index contributed by atoms with van der Waals surface area (Å²) in [6.07, 6.45) is -1.66. The number of nitrogens with zero attached hydrogens (tertiary/aromatic N) is 6. The molecule has 0 radical (unpaired) electrons. The first-order chi connectivity index (χ1) is 22.4. The molecule has 3 aliphatic heterocycles.